The Morgan fingerprint density at radius 3 is 2.11 bits per heavy atom. The molecule has 0 spiro atoms. The standard InChI is InChI=1S/C20H18F2N2O4/c1-2-17-18(14-5-9-16(22)10-6-14)23(20(26)24(27)19(17)25)12-28-11-13-3-7-15(21)8-4-13/h3-10,27H,2,11-12H2,1H3. The van der Waals surface area contributed by atoms with Crippen LogP contribution in [0.15, 0.2) is 58.1 Å². The highest BCUT2D eigenvalue weighted by atomic mass is 19.1. The summed E-state index contributed by atoms with van der Waals surface area (Å²) in [6.07, 6.45) is 0.240. The van der Waals surface area contributed by atoms with Gasteiger partial charge in [0.25, 0.3) is 5.56 Å². The smallest absolute Gasteiger partial charge is 0.366 e. The second-order valence-electron chi connectivity index (χ2n) is 6.12. The summed E-state index contributed by atoms with van der Waals surface area (Å²) in [5.74, 6) is -0.836. The van der Waals surface area contributed by atoms with Crippen LogP contribution in [0.2, 0.25) is 0 Å². The molecule has 1 aromatic heterocycles. The largest absolute Gasteiger partial charge is 0.421 e. The lowest BCUT2D eigenvalue weighted by Gasteiger charge is -2.17. The zero-order valence-corrected chi connectivity index (χ0v) is 15.1. The summed E-state index contributed by atoms with van der Waals surface area (Å²) >= 11 is 0. The summed E-state index contributed by atoms with van der Waals surface area (Å²) in [4.78, 5) is 24.8. The molecule has 0 unspecified atom stereocenters. The Bertz CT molecular complexity index is 1090. The first-order valence-corrected chi connectivity index (χ1v) is 8.58. The Hall–Kier alpha value is -3.26. The number of rotatable bonds is 6. The average Bonchev–Trinajstić information content (AvgIpc) is 2.70. The number of nitrogens with zero attached hydrogens (tertiary/aromatic N) is 2. The molecule has 0 aliphatic rings. The van der Waals surface area contributed by atoms with Crippen molar-refractivity contribution in [3.8, 4) is 11.3 Å². The molecule has 1 heterocycles. The van der Waals surface area contributed by atoms with E-state index in [-0.39, 0.29) is 41.6 Å². The fourth-order valence-electron chi connectivity index (χ4n) is 2.90. The van der Waals surface area contributed by atoms with Crippen molar-refractivity contribution in [3.05, 3.63) is 92.1 Å². The van der Waals surface area contributed by atoms with Crippen LogP contribution < -0.4 is 11.2 Å². The first-order valence-electron chi connectivity index (χ1n) is 8.58. The molecule has 0 amide bonds. The van der Waals surface area contributed by atoms with Gasteiger partial charge in [-0.25, -0.2) is 13.6 Å². The summed E-state index contributed by atoms with van der Waals surface area (Å²) in [5, 5.41) is 9.88. The number of hydrogen-bond donors (Lipinski definition) is 1. The zero-order valence-electron chi connectivity index (χ0n) is 15.1. The number of halogens is 2. The van der Waals surface area contributed by atoms with Crippen molar-refractivity contribution in [2.45, 2.75) is 26.7 Å². The molecule has 0 atom stereocenters. The molecule has 0 saturated carbocycles. The van der Waals surface area contributed by atoms with Gasteiger partial charge in [0.1, 0.15) is 18.4 Å². The van der Waals surface area contributed by atoms with Crippen LogP contribution in [0.3, 0.4) is 0 Å². The molecular formula is C20H18F2N2O4. The molecule has 0 bridgehead atoms. The van der Waals surface area contributed by atoms with Gasteiger partial charge in [-0.3, -0.25) is 9.36 Å². The van der Waals surface area contributed by atoms with Crippen molar-refractivity contribution in [1.82, 2.24) is 9.30 Å². The Morgan fingerprint density at radius 2 is 1.54 bits per heavy atom. The third-order valence-electron chi connectivity index (χ3n) is 4.29. The van der Waals surface area contributed by atoms with Crippen molar-refractivity contribution >= 4 is 0 Å². The maximum Gasteiger partial charge on any atom is 0.366 e. The minimum atomic E-state index is -0.972. The predicted octanol–water partition coefficient (Wildman–Crippen LogP) is 2.93. The Morgan fingerprint density at radius 1 is 0.964 bits per heavy atom. The van der Waals surface area contributed by atoms with E-state index < -0.39 is 17.1 Å². The monoisotopic (exact) mass is 388 g/mol. The van der Waals surface area contributed by atoms with Gasteiger partial charge in [0, 0.05) is 5.56 Å². The lowest BCUT2D eigenvalue weighted by Crippen LogP contribution is -2.42. The second kappa shape index (κ2) is 8.18. The molecule has 146 valence electrons. The highest BCUT2D eigenvalue weighted by Crippen LogP contribution is 2.22. The van der Waals surface area contributed by atoms with E-state index in [0.29, 0.717) is 11.1 Å². The van der Waals surface area contributed by atoms with Crippen molar-refractivity contribution in [3.63, 3.8) is 0 Å². The molecule has 0 saturated heterocycles. The van der Waals surface area contributed by atoms with Gasteiger partial charge >= 0.3 is 5.69 Å². The van der Waals surface area contributed by atoms with E-state index in [4.69, 9.17) is 4.74 Å². The van der Waals surface area contributed by atoms with Crippen LogP contribution in [-0.2, 0) is 24.5 Å². The minimum absolute atomic E-state index is 0.0348. The molecule has 0 fully saturated rings. The van der Waals surface area contributed by atoms with Crippen molar-refractivity contribution in [1.29, 1.82) is 0 Å². The number of hydrogen-bond acceptors (Lipinski definition) is 4. The molecule has 1 N–H and O–H groups in total. The van der Waals surface area contributed by atoms with Gasteiger partial charge in [-0.15, -0.1) is 0 Å². The van der Waals surface area contributed by atoms with Crippen LogP contribution in [0.4, 0.5) is 8.78 Å². The molecule has 3 rings (SSSR count). The SMILES string of the molecule is CCc1c(-c2ccc(F)cc2)n(COCc2ccc(F)cc2)c(=O)n(O)c1=O. The van der Waals surface area contributed by atoms with Gasteiger partial charge in [0.05, 0.1) is 12.3 Å². The second-order valence-corrected chi connectivity index (χ2v) is 6.12. The Kier molecular flexibility index (Phi) is 5.70. The summed E-state index contributed by atoms with van der Waals surface area (Å²) in [6.45, 7) is 1.52. The van der Waals surface area contributed by atoms with Crippen LogP contribution in [0.1, 0.15) is 18.1 Å². The molecule has 0 radical (unpaired) electrons. The zero-order chi connectivity index (χ0) is 20.3. The van der Waals surface area contributed by atoms with E-state index in [1.165, 1.54) is 36.4 Å². The van der Waals surface area contributed by atoms with E-state index in [1.54, 1.807) is 19.1 Å². The molecule has 3 aromatic rings. The van der Waals surface area contributed by atoms with Crippen LogP contribution >= 0.6 is 0 Å². The fraction of sp³-hybridized carbons (Fsp3) is 0.200. The van der Waals surface area contributed by atoms with E-state index in [2.05, 4.69) is 0 Å². The molecular weight excluding hydrogens is 370 g/mol. The van der Waals surface area contributed by atoms with Gasteiger partial charge in [-0.05, 0) is 53.9 Å². The summed E-state index contributed by atoms with van der Waals surface area (Å²) in [5.41, 5.74) is -0.229. The Balaban J connectivity index is 2.02. The first kappa shape index (κ1) is 19.5. The summed E-state index contributed by atoms with van der Waals surface area (Å²) < 4.78 is 33.0. The minimum Gasteiger partial charge on any atom is -0.421 e. The predicted molar refractivity (Wildman–Crippen MR) is 98.1 cm³/mol. The summed E-state index contributed by atoms with van der Waals surface area (Å²) in [6, 6.07) is 11.0. The molecule has 2 aromatic carbocycles. The molecule has 6 nitrogen and oxygen atoms in total. The van der Waals surface area contributed by atoms with Crippen LogP contribution in [0.25, 0.3) is 11.3 Å². The quantitative estimate of drug-likeness (QED) is 0.659. The van der Waals surface area contributed by atoms with Gasteiger partial charge in [0.15, 0.2) is 0 Å². The van der Waals surface area contributed by atoms with Crippen LogP contribution in [0.5, 0.6) is 0 Å². The van der Waals surface area contributed by atoms with E-state index in [9.17, 15) is 23.6 Å². The van der Waals surface area contributed by atoms with Crippen molar-refractivity contribution in [2.24, 2.45) is 0 Å². The normalized spacial score (nSPS) is 11.0. The van der Waals surface area contributed by atoms with Crippen molar-refractivity contribution in [2.75, 3.05) is 0 Å². The Labute approximate surface area is 158 Å². The maximum atomic E-state index is 13.3. The fourth-order valence-corrected chi connectivity index (χ4v) is 2.90. The van der Waals surface area contributed by atoms with Crippen LogP contribution in [0, 0.1) is 11.6 Å². The summed E-state index contributed by atoms with van der Waals surface area (Å²) in [7, 11) is 0. The third kappa shape index (κ3) is 3.86. The highest BCUT2D eigenvalue weighted by molar-refractivity contribution is 5.63. The average molecular weight is 388 g/mol. The number of benzene rings is 2. The van der Waals surface area contributed by atoms with E-state index >= 15 is 0 Å². The molecule has 0 aliphatic carbocycles. The van der Waals surface area contributed by atoms with Gasteiger partial charge < -0.3 is 9.94 Å². The molecule has 28 heavy (non-hydrogen) atoms. The van der Waals surface area contributed by atoms with Crippen molar-refractivity contribution < 1.29 is 18.7 Å². The lowest BCUT2D eigenvalue weighted by atomic mass is 10.0. The lowest BCUT2D eigenvalue weighted by molar-refractivity contribution is 0.0532. The topological polar surface area (TPSA) is 73.5 Å². The van der Waals surface area contributed by atoms with E-state index in [0.717, 1.165) is 4.57 Å². The van der Waals surface area contributed by atoms with Gasteiger partial charge in [0.2, 0.25) is 0 Å². The number of aromatic nitrogens is 2. The molecule has 8 heteroatoms. The van der Waals surface area contributed by atoms with Gasteiger partial charge in [-0.2, -0.15) is 0 Å². The third-order valence-corrected chi connectivity index (χ3v) is 4.29. The van der Waals surface area contributed by atoms with Gasteiger partial charge in [-0.1, -0.05) is 23.8 Å². The highest BCUT2D eigenvalue weighted by Gasteiger charge is 2.19. The van der Waals surface area contributed by atoms with E-state index in [1.807, 2.05) is 0 Å². The maximum absolute atomic E-state index is 13.3. The number of ether oxygens (including phenoxy) is 1. The molecule has 0 aliphatic heterocycles. The first-order chi connectivity index (χ1) is 13.4. The van der Waals surface area contributed by atoms with Crippen LogP contribution in [-0.4, -0.2) is 14.5 Å².